The standard InChI is InChI=1S/C21H18ClN3O4/c1-28-20-12-16(13-23-24-18-8-3-2-4-9-18)11-19(25(26)27)21(20)29-14-15-6-5-7-17(22)10-15/h2-13,24H,14H2,1H3. The van der Waals surface area contributed by atoms with Crippen LogP contribution in [0.2, 0.25) is 5.02 Å². The number of nitro groups is 1. The molecular formula is C21H18ClN3O4. The second-order valence-corrected chi connectivity index (χ2v) is 6.42. The fraction of sp³-hybridized carbons (Fsp3) is 0.0952. The molecule has 8 heteroatoms. The summed E-state index contributed by atoms with van der Waals surface area (Å²) in [5, 5.41) is 16.3. The smallest absolute Gasteiger partial charge is 0.315 e. The summed E-state index contributed by atoms with van der Waals surface area (Å²) >= 11 is 5.97. The molecule has 3 rings (SSSR count). The molecule has 3 aromatic carbocycles. The number of halogens is 1. The zero-order chi connectivity index (χ0) is 20.6. The van der Waals surface area contributed by atoms with E-state index in [-0.39, 0.29) is 23.8 Å². The number of hydrogen-bond acceptors (Lipinski definition) is 6. The molecule has 0 radical (unpaired) electrons. The summed E-state index contributed by atoms with van der Waals surface area (Å²) in [6.45, 7) is 0.112. The molecule has 0 atom stereocenters. The molecule has 0 spiro atoms. The summed E-state index contributed by atoms with van der Waals surface area (Å²) in [5.74, 6) is 0.285. The van der Waals surface area contributed by atoms with Crippen LogP contribution in [0.4, 0.5) is 11.4 Å². The van der Waals surface area contributed by atoms with Gasteiger partial charge >= 0.3 is 5.69 Å². The monoisotopic (exact) mass is 411 g/mol. The van der Waals surface area contributed by atoms with E-state index in [1.165, 1.54) is 19.4 Å². The number of ether oxygens (including phenoxy) is 2. The average molecular weight is 412 g/mol. The summed E-state index contributed by atoms with van der Waals surface area (Å²) in [5.41, 5.74) is 4.72. The molecule has 29 heavy (non-hydrogen) atoms. The number of benzene rings is 3. The minimum atomic E-state index is -0.516. The maximum atomic E-state index is 11.6. The molecule has 0 aromatic heterocycles. The lowest BCUT2D eigenvalue weighted by Crippen LogP contribution is -2.03. The van der Waals surface area contributed by atoms with E-state index >= 15 is 0 Å². The van der Waals surface area contributed by atoms with Crippen LogP contribution in [0.3, 0.4) is 0 Å². The Morgan fingerprint density at radius 1 is 1.14 bits per heavy atom. The van der Waals surface area contributed by atoms with E-state index in [2.05, 4.69) is 10.5 Å². The highest BCUT2D eigenvalue weighted by Crippen LogP contribution is 2.38. The van der Waals surface area contributed by atoms with Crippen LogP contribution in [0.5, 0.6) is 11.5 Å². The van der Waals surface area contributed by atoms with Gasteiger partial charge in [-0.25, -0.2) is 0 Å². The Morgan fingerprint density at radius 3 is 2.62 bits per heavy atom. The van der Waals surface area contributed by atoms with Crippen LogP contribution < -0.4 is 14.9 Å². The number of para-hydroxylation sites is 1. The number of nitrogens with one attached hydrogen (secondary N) is 1. The summed E-state index contributed by atoms with van der Waals surface area (Å²) in [4.78, 5) is 11.1. The molecular weight excluding hydrogens is 394 g/mol. The van der Waals surface area contributed by atoms with Gasteiger partial charge in [0.25, 0.3) is 0 Å². The summed E-state index contributed by atoms with van der Waals surface area (Å²) < 4.78 is 11.0. The average Bonchev–Trinajstić information content (AvgIpc) is 2.73. The Labute approximate surface area is 172 Å². The number of nitrogens with zero attached hydrogens (tertiary/aromatic N) is 2. The van der Waals surface area contributed by atoms with Crippen molar-refractivity contribution in [2.45, 2.75) is 6.61 Å². The highest BCUT2D eigenvalue weighted by atomic mass is 35.5. The third kappa shape index (κ3) is 5.46. The Morgan fingerprint density at radius 2 is 1.93 bits per heavy atom. The van der Waals surface area contributed by atoms with Crippen molar-refractivity contribution in [2.75, 3.05) is 12.5 Å². The second-order valence-electron chi connectivity index (χ2n) is 5.98. The van der Waals surface area contributed by atoms with Gasteiger partial charge in [-0.3, -0.25) is 15.5 Å². The third-order valence-electron chi connectivity index (χ3n) is 3.93. The molecule has 7 nitrogen and oxygen atoms in total. The zero-order valence-electron chi connectivity index (χ0n) is 15.5. The molecule has 0 fully saturated rings. The van der Waals surface area contributed by atoms with E-state index in [4.69, 9.17) is 21.1 Å². The number of hydrogen-bond donors (Lipinski definition) is 1. The summed E-state index contributed by atoms with van der Waals surface area (Å²) in [6.07, 6.45) is 1.48. The van der Waals surface area contributed by atoms with Gasteiger partial charge in [0, 0.05) is 16.7 Å². The van der Waals surface area contributed by atoms with E-state index < -0.39 is 4.92 Å². The summed E-state index contributed by atoms with van der Waals surface area (Å²) in [6, 6.07) is 19.4. The van der Waals surface area contributed by atoms with Gasteiger partial charge in [-0.1, -0.05) is 41.9 Å². The van der Waals surface area contributed by atoms with E-state index in [0.717, 1.165) is 11.3 Å². The molecule has 0 amide bonds. The highest BCUT2D eigenvalue weighted by molar-refractivity contribution is 6.30. The number of methoxy groups -OCH3 is 1. The van der Waals surface area contributed by atoms with E-state index in [1.807, 2.05) is 36.4 Å². The second kappa shape index (κ2) is 9.57. The lowest BCUT2D eigenvalue weighted by molar-refractivity contribution is -0.386. The third-order valence-corrected chi connectivity index (χ3v) is 4.16. The molecule has 0 aliphatic carbocycles. The first-order valence-electron chi connectivity index (χ1n) is 8.64. The van der Waals surface area contributed by atoms with Crippen molar-refractivity contribution >= 4 is 29.2 Å². The Hall–Kier alpha value is -3.58. The lowest BCUT2D eigenvalue weighted by atomic mass is 10.1. The number of nitro benzene ring substituents is 1. The van der Waals surface area contributed by atoms with Gasteiger partial charge in [0.1, 0.15) is 6.61 Å². The number of rotatable bonds is 8. The van der Waals surface area contributed by atoms with Gasteiger partial charge in [-0.15, -0.1) is 0 Å². The quantitative estimate of drug-likeness (QED) is 0.309. The fourth-order valence-electron chi connectivity index (χ4n) is 2.59. The topological polar surface area (TPSA) is 86.0 Å². The highest BCUT2D eigenvalue weighted by Gasteiger charge is 2.22. The van der Waals surface area contributed by atoms with Crippen LogP contribution in [0, 0.1) is 10.1 Å². The van der Waals surface area contributed by atoms with Gasteiger partial charge in [-0.05, 0) is 35.9 Å². The molecule has 0 heterocycles. The Balaban J connectivity index is 1.83. The van der Waals surface area contributed by atoms with E-state index in [1.54, 1.807) is 24.3 Å². The van der Waals surface area contributed by atoms with Crippen LogP contribution in [0.25, 0.3) is 0 Å². The van der Waals surface area contributed by atoms with Crippen molar-refractivity contribution in [1.29, 1.82) is 0 Å². The van der Waals surface area contributed by atoms with Gasteiger partial charge in [0.15, 0.2) is 5.75 Å². The molecule has 148 valence electrons. The zero-order valence-corrected chi connectivity index (χ0v) is 16.3. The lowest BCUT2D eigenvalue weighted by Gasteiger charge is -2.12. The van der Waals surface area contributed by atoms with Crippen molar-refractivity contribution in [1.82, 2.24) is 0 Å². The largest absolute Gasteiger partial charge is 0.493 e. The Kier molecular flexibility index (Phi) is 6.65. The number of hydrazone groups is 1. The van der Waals surface area contributed by atoms with Crippen LogP contribution >= 0.6 is 11.6 Å². The minimum absolute atomic E-state index is 0.0469. The molecule has 0 saturated heterocycles. The normalized spacial score (nSPS) is 10.7. The fourth-order valence-corrected chi connectivity index (χ4v) is 2.80. The van der Waals surface area contributed by atoms with Crippen molar-refractivity contribution in [3.05, 3.63) is 93.0 Å². The first-order chi connectivity index (χ1) is 14.1. The molecule has 0 unspecified atom stereocenters. The maximum Gasteiger partial charge on any atom is 0.315 e. The van der Waals surface area contributed by atoms with Crippen LogP contribution in [-0.2, 0) is 6.61 Å². The molecule has 3 aromatic rings. The minimum Gasteiger partial charge on any atom is -0.493 e. The number of anilines is 1. The summed E-state index contributed by atoms with van der Waals surface area (Å²) in [7, 11) is 1.43. The Bertz CT molecular complexity index is 1030. The van der Waals surface area contributed by atoms with Gasteiger partial charge < -0.3 is 9.47 Å². The van der Waals surface area contributed by atoms with Crippen LogP contribution in [-0.4, -0.2) is 18.2 Å². The SMILES string of the molecule is COc1cc(C=NNc2ccccc2)cc([N+](=O)[O-])c1OCc1cccc(Cl)c1. The molecule has 0 aliphatic heterocycles. The predicted octanol–water partition coefficient (Wildman–Crippen LogP) is 5.28. The molecule has 0 aliphatic rings. The van der Waals surface area contributed by atoms with Gasteiger partial charge in [-0.2, -0.15) is 5.10 Å². The van der Waals surface area contributed by atoms with Crippen molar-refractivity contribution in [2.24, 2.45) is 5.10 Å². The first-order valence-corrected chi connectivity index (χ1v) is 9.02. The van der Waals surface area contributed by atoms with Gasteiger partial charge in [0.2, 0.25) is 5.75 Å². The van der Waals surface area contributed by atoms with E-state index in [0.29, 0.717) is 10.6 Å². The van der Waals surface area contributed by atoms with Crippen molar-refractivity contribution in [3.63, 3.8) is 0 Å². The van der Waals surface area contributed by atoms with Gasteiger partial charge in [0.05, 0.1) is 23.9 Å². The van der Waals surface area contributed by atoms with Crippen LogP contribution in [0.1, 0.15) is 11.1 Å². The molecule has 0 bridgehead atoms. The predicted molar refractivity (Wildman–Crippen MR) is 113 cm³/mol. The van der Waals surface area contributed by atoms with E-state index in [9.17, 15) is 10.1 Å². The molecule has 0 saturated carbocycles. The first kappa shape index (κ1) is 20.2. The molecule has 1 N–H and O–H groups in total. The van der Waals surface area contributed by atoms with Crippen molar-refractivity contribution < 1.29 is 14.4 Å². The van der Waals surface area contributed by atoms with Crippen molar-refractivity contribution in [3.8, 4) is 11.5 Å². The maximum absolute atomic E-state index is 11.6. The van der Waals surface area contributed by atoms with Crippen LogP contribution in [0.15, 0.2) is 71.8 Å².